The summed E-state index contributed by atoms with van der Waals surface area (Å²) in [4.78, 5) is 28.0. The van der Waals surface area contributed by atoms with Crippen molar-refractivity contribution in [3.8, 4) is 0 Å². The number of hydrogen-bond donors (Lipinski definition) is 1. The summed E-state index contributed by atoms with van der Waals surface area (Å²) in [6.07, 6.45) is 0. The van der Waals surface area contributed by atoms with Crippen LogP contribution in [0.5, 0.6) is 0 Å². The fourth-order valence-electron chi connectivity index (χ4n) is 3.66. The van der Waals surface area contributed by atoms with Gasteiger partial charge in [0.2, 0.25) is 5.78 Å². The van der Waals surface area contributed by atoms with Crippen LogP contribution in [0, 0.1) is 0 Å². The molecule has 0 spiro atoms. The molecule has 1 atom stereocenters. The van der Waals surface area contributed by atoms with Gasteiger partial charge in [0.05, 0.1) is 23.1 Å². The fraction of sp³-hybridized carbons (Fsp3) is 0.182. The van der Waals surface area contributed by atoms with Crippen molar-refractivity contribution in [1.82, 2.24) is 4.90 Å². The molecule has 0 aliphatic carbocycles. The van der Waals surface area contributed by atoms with Gasteiger partial charge in [-0.05, 0) is 27.8 Å². The van der Waals surface area contributed by atoms with Crippen molar-refractivity contribution < 1.29 is 19.4 Å². The molecule has 1 amide bonds. The molecular formula is C22H19NO4S. The molecule has 28 heavy (non-hydrogen) atoms. The standard InChI is InChI=1S/C22H19NO4S/c1-27-12-11-23-19(16-9-4-7-14-6-2-3-8-15(14)16)18(21(25)22(23)26)20(24)17-10-5-13-28-17/h2-10,13,19,25H,11-12H2,1H3. The molecule has 4 rings (SSSR count). The number of aliphatic hydroxyl groups is 1. The zero-order valence-electron chi connectivity index (χ0n) is 15.3. The van der Waals surface area contributed by atoms with Crippen LogP contribution in [0.3, 0.4) is 0 Å². The maximum atomic E-state index is 13.2. The highest BCUT2D eigenvalue weighted by Gasteiger charge is 2.44. The highest BCUT2D eigenvalue weighted by Crippen LogP contribution is 2.41. The van der Waals surface area contributed by atoms with Crippen LogP contribution in [0.25, 0.3) is 10.8 Å². The van der Waals surface area contributed by atoms with Crippen molar-refractivity contribution in [2.24, 2.45) is 0 Å². The van der Waals surface area contributed by atoms with Crippen molar-refractivity contribution in [1.29, 1.82) is 0 Å². The molecule has 0 bridgehead atoms. The molecular weight excluding hydrogens is 374 g/mol. The maximum absolute atomic E-state index is 13.2. The lowest BCUT2D eigenvalue weighted by Gasteiger charge is -2.27. The lowest BCUT2D eigenvalue weighted by Crippen LogP contribution is -2.34. The molecule has 1 N–H and O–H groups in total. The highest BCUT2D eigenvalue weighted by molar-refractivity contribution is 7.12. The summed E-state index contributed by atoms with van der Waals surface area (Å²) in [7, 11) is 1.55. The SMILES string of the molecule is COCCN1C(=O)C(O)=C(C(=O)c2cccs2)C1c1cccc2ccccc12. The van der Waals surface area contributed by atoms with Crippen molar-refractivity contribution in [2.75, 3.05) is 20.3 Å². The Balaban J connectivity index is 1.90. The van der Waals surface area contributed by atoms with Gasteiger partial charge in [0.25, 0.3) is 5.91 Å². The number of ketones is 1. The number of ether oxygens (including phenoxy) is 1. The van der Waals surface area contributed by atoms with Gasteiger partial charge in [-0.1, -0.05) is 48.5 Å². The maximum Gasteiger partial charge on any atom is 0.290 e. The Labute approximate surface area is 166 Å². The normalized spacial score (nSPS) is 17.0. The summed E-state index contributed by atoms with van der Waals surface area (Å²) >= 11 is 1.29. The van der Waals surface area contributed by atoms with E-state index in [-0.39, 0.29) is 17.9 Å². The monoisotopic (exact) mass is 393 g/mol. The minimum Gasteiger partial charge on any atom is -0.503 e. The Kier molecular flexibility index (Phi) is 4.98. The topological polar surface area (TPSA) is 66.8 Å². The van der Waals surface area contributed by atoms with E-state index in [1.165, 1.54) is 16.2 Å². The average Bonchev–Trinajstić information content (AvgIpc) is 3.34. The number of carbonyl (C=O) groups is 2. The van der Waals surface area contributed by atoms with E-state index in [1.807, 2.05) is 42.5 Å². The molecule has 6 heteroatoms. The molecule has 1 aliphatic rings. The molecule has 1 aromatic heterocycles. The molecule has 1 aliphatic heterocycles. The van der Waals surface area contributed by atoms with Gasteiger partial charge in [-0.3, -0.25) is 9.59 Å². The summed E-state index contributed by atoms with van der Waals surface area (Å²) in [5.74, 6) is -1.35. The lowest BCUT2D eigenvalue weighted by molar-refractivity contribution is -0.130. The van der Waals surface area contributed by atoms with Gasteiger partial charge >= 0.3 is 0 Å². The minimum absolute atomic E-state index is 0.125. The van der Waals surface area contributed by atoms with Crippen molar-refractivity contribution in [3.05, 3.63) is 81.8 Å². The van der Waals surface area contributed by atoms with Gasteiger partial charge < -0.3 is 14.7 Å². The van der Waals surface area contributed by atoms with Crippen LogP contribution in [0.2, 0.25) is 0 Å². The Bertz CT molecular complexity index is 1070. The van der Waals surface area contributed by atoms with Crippen molar-refractivity contribution >= 4 is 33.8 Å². The third kappa shape index (κ3) is 3.00. The Morgan fingerprint density at radius 2 is 1.93 bits per heavy atom. The van der Waals surface area contributed by atoms with Crippen molar-refractivity contribution in [2.45, 2.75) is 6.04 Å². The minimum atomic E-state index is -0.664. The van der Waals surface area contributed by atoms with Crippen LogP contribution in [-0.2, 0) is 9.53 Å². The van der Waals surface area contributed by atoms with Crippen LogP contribution < -0.4 is 0 Å². The smallest absolute Gasteiger partial charge is 0.290 e. The summed E-state index contributed by atoms with van der Waals surface area (Å²) in [5.41, 5.74) is 0.936. The van der Waals surface area contributed by atoms with Gasteiger partial charge in [-0.15, -0.1) is 11.3 Å². The number of thiophene rings is 1. The van der Waals surface area contributed by atoms with E-state index in [4.69, 9.17) is 4.74 Å². The lowest BCUT2D eigenvalue weighted by atomic mass is 9.91. The van der Waals surface area contributed by atoms with Gasteiger partial charge in [0.1, 0.15) is 0 Å². The van der Waals surface area contributed by atoms with Gasteiger partial charge in [0.15, 0.2) is 5.76 Å². The van der Waals surface area contributed by atoms with Crippen LogP contribution in [-0.4, -0.2) is 42.0 Å². The van der Waals surface area contributed by atoms with Crippen LogP contribution in [0.1, 0.15) is 21.3 Å². The number of aliphatic hydroxyl groups excluding tert-OH is 1. The van der Waals surface area contributed by atoms with E-state index in [0.717, 1.165) is 16.3 Å². The summed E-state index contributed by atoms with van der Waals surface area (Å²) < 4.78 is 5.15. The number of nitrogens with zero attached hydrogens (tertiary/aromatic N) is 1. The largest absolute Gasteiger partial charge is 0.503 e. The highest BCUT2D eigenvalue weighted by atomic mass is 32.1. The first kappa shape index (κ1) is 18.4. The van der Waals surface area contributed by atoms with E-state index in [0.29, 0.717) is 11.5 Å². The predicted octanol–water partition coefficient (Wildman–Crippen LogP) is 4.13. The van der Waals surface area contributed by atoms with E-state index < -0.39 is 17.7 Å². The molecule has 2 heterocycles. The molecule has 3 aromatic rings. The first-order valence-corrected chi connectivity index (χ1v) is 9.80. The van der Waals surface area contributed by atoms with Crippen molar-refractivity contribution in [3.63, 3.8) is 0 Å². The number of Topliss-reactive ketones (excluding diaryl/α,β-unsaturated/α-hetero) is 1. The zero-order valence-corrected chi connectivity index (χ0v) is 16.1. The molecule has 2 aromatic carbocycles. The van der Waals surface area contributed by atoms with Gasteiger partial charge in [-0.25, -0.2) is 0 Å². The molecule has 1 unspecified atom stereocenters. The second-order valence-corrected chi connectivity index (χ2v) is 7.48. The van der Waals surface area contributed by atoms with Crippen LogP contribution in [0.4, 0.5) is 0 Å². The van der Waals surface area contributed by atoms with E-state index in [9.17, 15) is 14.7 Å². The number of amides is 1. The number of hydrogen-bond acceptors (Lipinski definition) is 5. The second-order valence-electron chi connectivity index (χ2n) is 6.53. The molecule has 142 valence electrons. The summed E-state index contributed by atoms with van der Waals surface area (Å²) in [6.45, 7) is 0.579. The quantitative estimate of drug-likeness (QED) is 0.640. The number of methoxy groups -OCH3 is 1. The second kappa shape index (κ2) is 7.58. The van der Waals surface area contributed by atoms with Gasteiger partial charge in [0, 0.05) is 13.7 Å². The predicted molar refractivity (Wildman–Crippen MR) is 109 cm³/mol. The Morgan fingerprint density at radius 1 is 1.14 bits per heavy atom. The van der Waals surface area contributed by atoms with Crippen LogP contribution in [0.15, 0.2) is 71.3 Å². The molecule has 5 nitrogen and oxygen atoms in total. The molecule has 0 saturated heterocycles. The van der Waals surface area contributed by atoms with Gasteiger partial charge in [-0.2, -0.15) is 0 Å². The number of fused-ring (bicyclic) bond motifs is 1. The number of carbonyl (C=O) groups excluding carboxylic acids is 2. The molecule has 0 radical (unpaired) electrons. The first-order chi connectivity index (χ1) is 13.6. The zero-order chi connectivity index (χ0) is 19.7. The summed E-state index contributed by atoms with van der Waals surface area (Å²) in [5, 5.41) is 14.4. The number of benzene rings is 2. The molecule has 0 saturated carbocycles. The average molecular weight is 393 g/mol. The van der Waals surface area contributed by atoms with E-state index >= 15 is 0 Å². The van der Waals surface area contributed by atoms with E-state index in [1.54, 1.807) is 24.6 Å². The first-order valence-electron chi connectivity index (χ1n) is 8.92. The number of rotatable bonds is 6. The Morgan fingerprint density at radius 3 is 2.68 bits per heavy atom. The fourth-order valence-corrected chi connectivity index (χ4v) is 4.34. The van der Waals surface area contributed by atoms with Crippen LogP contribution >= 0.6 is 11.3 Å². The Hall–Kier alpha value is -2.96. The van der Waals surface area contributed by atoms with E-state index in [2.05, 4.69) is 0 Å². The third-order valence-electron chi connectivity index (χ3n) is 4.95. The summed E-state index contributed by atoms with van der Waals surface area (Å²) in [6, 6.07) is 16.4. The molecule has 0 fully saturated rings. The third-order valence-corrected chi connectivity index (χ3v) is 5.82.